The van der Waals surface area contributed by atoms with Crippen LogP contribution in [0.5, 0.6) is 0 Å². The van der Waals surface area contributed by atoms with Gasteiger partial charge in [-0.15, -0.1) is 0 Å². The maximum atomic E-state index is 11.7. The molecule has 4 N–H and O–H groups in total. The van der Waals surface area contributed by atoms with Gasteiger partial charge in [-0.25, -0.2) is 9.59 Å². The molecule has 0 bridgehead atoms. The van der Waals surface area contributed by atoms with Gasteiger partial charge < -0.3 is 20.8 Å². The molecule has 114 valence electrons. The van der Waals surface area contributed by atoms with Crippen LogP contribution in [-0.2, 0) is 4.79 Å². The van der Waals surface area contributed by atoms with Crippen molar-refractivity contribution in [2.45, 2.75) is 12.5 Å². The Balaban J connectivity index is 2.74. The Morgan fingerprint density at radius 2 is 2.10 bits per heavy atom. The number of rotatable bonds is 6. The molecule has 9 nitrogen and oxygen atoms in total. The number of nitrogens with one attached hydrogen (secondary N) is 2. The van der Waals surface area contributed by atoms with Crippen LogP contribution in [0, 0.1) is 10.1 Å². The number of carboxylic acids is 1. The van der Waals surface area contributed by atoms with E-state index < -0.39 is 29.6 Å². The van der Waals surface area contributed by atoms with Crippen molar-refractivity contribution in [3.8, 4) is 0 Å². The molecule has 1 aromatic rings. The molecule has 21 heavy (non-hydrogen) atoms. The number of nitro groups is 1. The molecule has 0 spiro atoms. The number of urea groups is 1. The summed E-state index contributed by atoms with van der Waals surface area (Å²) in [5, 5.41) is 32.6. The lowest BCUT2D eigenvalue weighted by Crippen LogP contribution is -2.43. The summed E-state index contributed by atoms with van der Waals surface area (Å²) in [5.41, 5.74) is 0.0859. The number of benzene rings is 1. The summed E-state index contributed by atoms with van der Waals surface area (Å²) in [6, 6.07) is 1.68. The molecule has 0 radical (unpaired) electrons. The first kappa shape index (κ1) is 16.9. The summed E-state index contributed by atoms with van der Waals surface area (Å²) < 4.78 is 0.279. The van der Waals surface area contributed by atoms with E-state index in [2.05, 4.69) is 26.6 Å². The fourth-order valence-corrected chi connectivity index (χ4v) is 1.89. The van der Waals surface area contributed by atoms with E-state index in [4.69, 9.17) is 10.2 Å². The van der Waals surface area contributed by atoms with E-state index in [1.165, 1.54) is 18.2 Å². The summed E-state index contributed by atoms with van der Waals surface area (Å²) >= 11 is 3.07. The predicted molar refractivity (Wildman–Crippen MR) is 76.1 cm³/mol. The molecule has 0 saturated carbocycles. The number of non-ortho nitro benzene ring substituents is 1. The quantitative estimate of drug-likeness (QED) is 0.444. The van der Waals surface area contributed by atoms with Crippen molar-refractivity contribution in [3.05, 3.63) is 32.8 Å². The molecule has 10 heteroatoms. The van der Waals surface area contributed by atoms with Crippen molar-refractivity contribution >= 4 is 39.3 Å². The second kappa shape index (κ2) is 7.55. The van der Waals surface area contributed by atoms with Crippen molar-refractivity contribution in [3.63, 3.8) is 0 Å². The van der Waals surface area contributed by atoms with E-state index in [1.54, 1.807) is 0 Å². The number of carboxylic acid groups (broad SMARTS) is 1. The van der Waals surface area contributed by atoms with E-state index >= 15 is 0 Å². The highest BCUT2D eigenvalue weighted by molar-refractivity contribution is 9.10. The maximum Gasteiger partial charge on any atom is 0.326 e. The van der Waals surface area contributed by atoms with E-state index in [1.807, 2.05) is 0 Å². The van der Waals surface area contributed by atoms with Gasteiger partial charge >= 0.3 is 12.0 Å². The monoisotopic (exact) mass is 361 g/mol. The zero-order valence-electron chi connectivity index (χ0n) is 10.6. The molecule has 1 unspecified atom stereocenters. The van der Waals surface area contributed by atoms with Crippen LogP contribution in [0.2, 0.25) is 0 Å². The minimum atomic E-state index is -1.28. The van der Waals surface area contributed by atoms with Crippen molar-refractivity contribution in [2.75, 3.05) is 11.9 Å². The van der Waals surface area contributed by atoms with Crippen LogP contribution in [0.3, 0.4) is 0 Å². The van der Waals surface area contributed by atoms with E-state index in [9.17, 15) is 19.7 Å². The highest BCUT2D eigenvalue weighted by atomic mass is 79.9. The topological polar surface area (TPSA) is 142 Å². The first-order valence-electron chi connectivity index (χ1n) is 5.70. The zero-order valence-corrected chi connectivity index (χ0v) is 12.2. The van der Waals surface area contributed by atoms with E-state index in [0.717, 1.165) is 0 Å². The molecule has 0 aliphatic heterocycles. The van der Waals surface area contributed by atoms with Crippen molar-refractivity contribution in [2.24, 2.45) is 0 Å². The Morgan fingerprint density at radius 3 is 2.57 bits per heavy atom. The minimum absolute atomic E-state index is 0.135. The molecular formula is C11H12BrN3O6. The number of amides is 2. The van der Waals surface area contributed by atoms with Gasteiger partial charge in [0.05, 0.1) is 10.6 Å². The molecule has 0 aliphatic rings. The number of nitro benzene ring substituents is 1. The fraction of sp³-hybridized carbons (Fsp3) is 0.273. The summed E-state index contributed by atoms with van der Waals surface area (Å²) in [6.45, 7) is -0.390. The summed E-state index contributed by atoms with van der Waals surface area (Å²) in [6.07, 6.45) is -0.135. The molecule has 1 rings (SSSR count). The molecule has 0 aromatic heterocycles. The molecule has 0 saturated heterocycles. The van der Waals surface area contributed by atoms with Crippen LogP contribution >= 0.6 is 15.9 Å². The van der Waals surface area contributed by atoms with E-state index in [0.29, 0.717) is 0 Å². The van der Waals surface area contributed by atoms with Crippen LogP contribution in [0.4, 0.5) is 16.2 Å². The lowest BCUT2D eigenvalue weighted by Gasteiger charge is -2.14. The summed E-state index contributed by atoms with van der Waals surface area (Å²) in [5.74, 6) is -1.28. The third-order valence-electron chi connectivity index (χ3n) is 2.43. The Bertz CT molecular complexity index is 565. The van der Waals surface area contributed by atoms with Gasteiger partial charge in [0.1, 0.15) is 6.04 Å². The van der Waals surface area contributed by atoms with Crippen LogP contribution in [-0.4, -0.2) is 39.8 Å². The van der Waals surface area contributed by atoms with Gasteiger partial charge in [0.15, 0.2) is 0 Å². The van der Waals surface area contributed by atoms with Crippen molar-refractivity contribution < 1.29 is 24.7 Å². The zero-order chi connectivity index (χ0) is 16.0. The number of carbonyl (C=O) groups excluding carboxylic acids is 1. The number of halogens is 1. The number of aliphatic hydroxyl groups is 1. The second-order valence-corrected chi connectivity index (χ2v) is 4.78. The van der Waals surface area contributed by atoms with Gasteiger partial charge in [0.25, 0.3) is 5.69 Å². The van der Waals surface area contributed by atoms with Gasteiger partial charge in [-0.3, -0.25) is 10.1 Å². The number of hydrogen-bond donors (Lipinski definition) is 4. The molecule has 0 fully saturated rings. The highest BCUT2D eigenvalue weighted by Gasteiger charge is 2.20. The summed E-state index contributed by atoms with van der Waals surface area (Å²) in [4.78, 5) is 32.5. The molecule has 1 aromatic carbocycles. The first-order valence-corrected chi connectivity index (χ1v) is 6.49. The predicted octanol–water partition coefficient (Wildman–Crippen LogP) is 1.31. The van der Waals surface area contributed by atoms with Crippen LogP contribution < -0.4 is 10.6 Å². The number of carbonyl (C=O) groups is 2. The van der Waals surface area contributed by atoms with Crippen LogP contribution in [0.25, 0.3) is 0 Å². The SMILES string of the molecule is O=C(Nc1ccc([N+](=O)[O-])cc1Br)NC(CCO)C(=O)O. The average molecular weight is 362 g/mol. The number of aliphatic carboxylic acids is 1. The molecule has 2 amide bonds. The number of aliphatic hydroxyl groups excluding tert-OH is 1. The Kier molecular flexibility index (Phi) is 6.06. The second-order valence-electron chi connectivity index (χ2n) is 3.92. The average Bonchev–Trinajstić information content (AvgIpc) is 2.40. The molecule has 0 heterocycles. The Labute approximate surface area is 127 Å². The summed E-state index contributed by atoms with van der Waals surface area (Å²) in [7, 11) is 0. The smallest absolute Gasteiger partial charge is 0.326 e. The van der Waals surface area contributed by atoms with Gasteiger partial charge in [-0.2, -0.15) is 0 Å². The number of anilines is 1. The van der Waals surface area contributed by atoms with Gasteiger partial charge in [0.2, 0.25) is 0 Å². The lowest BCUT2D eigenvalue weighted by atomic mass is 10.2. The maximum absolute atomic E-state index is 11.7. The third kappa shape index (κ3) is 5.00. The molecule has 1 atom stereocenters. The Morgan fingerprint density at radius 1 is 1.43 bits per heavy atom. The van der Waals surface area contributed by atoms with Crippen molar-refractivity contribution in [1.29, 1.82) is 0 Å². The number of hydrogen-bond acceptors (Lipinski definition) is 5. The molecular weight excluding hydrogens is 350 g/mol. The minimum Gasteiger partial charge on any atom is -0.480 e. The largest absolute Gasteiger partial charge is 0.480 e. The van der Waals surface area contributed by atoms with Gasteiger partial charge in [-0.1, -0.05) is 0 Å². The van der Waals surface area contributed by atoms with Gasteiger partial charge in [0, 0.05) is 29.6 Å². The highest BCUT2D eigenvalue weighted by Crippen LogP contribution is 2.26. The van der Waals surface area contributed by atoms with Crippen LogP contribution in [0.1, 0.15) is 6.42 Å². The number of nitrogens with zero attached hydrogens (tertiary/aromatic N) is 1. The lowest BCUT2D eigenvalue weighted by molar-refractivity contribution is -0.384. The first-order chi connectivity index (χ1) is 9.85. The fourth-order valence-electron chi connectivity index (χ4n) is 1.42. The van der Waals surface area contributed by atoms with Crippen molar-refractivity contribution in [1.82, 2.24) is 5.32 Å². The third-order valence-corrected chi connectivity index (χ3v) is 3.09. The normalized spacial score (nSPS) is 11.5. The Hall–Kier alpha value is -2.20. The van der Waals surface area contributed by atoms with Crippen LogP contribution in [0.15, 0.2) is 22.7 Å². The van der Waals surface area contributed by atoms with E-state index in [-0.39, 0.29) is 22.3 Å². The molecule has 0 aliphatic carbocycles. The standard InChI is InChI=1S/C11H12BrN3O6/c12-7-5-6(15(20)21)1-2-8(7)13-11(19)14-9(3-4-16)10(17)18/h1-2,5,9,16H,3-4H2,(H,17,18)(H2,13,14,19). The van der Waals surface area contributed by atoms with Gasteiger partial charge in [-0.05, 0) is 22.0 Å².